The molecule has 1 unspecified atom stereocenters. The van der Waals surface area contributed by atoms with Crippen LogP contribution in [0.2, 0.25) is 0 Å². The van der Waals surface area contributed by atoms with Crippen LogP contribution in [0.5, 0.6) is 0 Å². The van der Waals surface area contributed by atoms with Crippen molar-refractivity contribution in [1.82, 2.24) is 19.6 Å². The van der Waals surface area contributed by atoms with Crippen LogP contribution in [-0.2, 0) is 13.5 Å². The minimum absolute atomic E-state index is 0.626. The lowest BCUT2D eigenvalue weighted by Crippen LogP contribution is -2.36. The summed E-state index contributed by atoms with van der Waals surface area (Å²) >= 11 is 0. The monoisotopic (exact) mass is 352 g/mol. The van der Waals surface area contributed by atoms with E-state index in [1.165, 1.54) is 49.7 Å². The fraction of sp³-hybridized carbons (Fsp3) is 0.524. The molecule has 0 radical (unpaired) electrons. The molecule has 5 heteroatoms. The summed E-state index contributed by atoms with van der Waals surface area (Å²) in [4.78, 5) is 7.31. The van der Waals surface area contributed by atoms with E-state index in [0.29, 0.717) is 11.7 Å². The number of nitrogens with zero attached hydrogens (tertiary/aromatic N) is 4. The maximum atomic E-state index is 5.61. The fourth-order valence-electron chi connectivity index (χ4n) is 4.12. The maximum absolute atomic E-state index is 5.61. The molecule has 3 heterocycles. The van der Waals surface area contributed by atoms with Gasteiger partial charge in [-0.25, -0.2) is 0 Å². The van der Waals surface area contributed by atoms with Gasteiger partial charge in [0.1, 0.15) is 0 Å². The molecular weight excluding hydrogens is 324 g/mol. The van der Waals surface area contributed by atoms with E-state index in [0.717, 1.165) is 24.4 Å². The molecule has 26 heavy (non-hydrogen) atoms. The van der Waals surface area contributed by atoms with Crippen molar-refractivity contribution in [3.8, 4) is 11.4 Å². The second kappa shape index (κ2) is 7.62. The number of piperidine rings is 1. The van der Waals surface area contributed by atoms with E-state index in [9.17, 15) is 0 Å². The lowest BCUT2D eigenvalue weighted by Gasteiger charge is -2.32. The van der Waals surface area contributed by atoms with Crippen molar-refractivity contribution in [2.45, 2.75) is 39.0 Å². The van der Waals surface area contributed by atoms with Gasteiger partial charge in [-0.1, -0.05) is 36.7 Å². The molecule has 1 atom stereocenters. The summed E-state index contributed by atoms with van der Waals surface area (Å²) in [6, 6.07) is 8.35. The summed E-state index contributed by atoms with van der Waals surface area (Å²) in [5, 5.41) is 5.44. The number of hydrogen-bond donors (Lipinski definition) is 0. The third-order valence-electron chi connectivity index (χ3n) is 5.50. The molecule has 0 bridgehead atoms. The first-order valence-corrected chi connectivity index (χ1v) is 9.84. The number of benzene rings is 1. The van der Waals surface area contributed by atoms with Crippen LogP contribution in [0.25, 0.3) is 22.3 Å². The SMILES string of the molecule is CCCCN1CCCC(Cc2nc(-c3cn(C)c4ccccc34)no2)C1. The van der Waals surface area contributed by atoms with Gasteiger partial charge in [-0.05, 0) is 44.3 Å². The second-order valence-corrected chi connectivity index (χ2v) is 7.55. The Hall–Kier alpha value is -2.14. The predicted octanol–water partition coefficient (Wildman–Crippen LogP) is 4.28. The molecule has 138 valence electrons. The minimum atomic E-state index is 0.626. The van der Waals surface area contributed by atoms with E-state index < -0.39 is 0 Å². The molecule has 3 aromatic rings. The van der Waals surface area contributed by atoms with Crippen molar-refractivity contribution in [2.75, 3.05) is 19.6 Å². The van der Waals surface area contributed by atoms with E-state index in [4.69, 9.17) is 9.51 Å². The highest BCUT2D eigenvalue weighted by molar-refractivity contribution is 5.94. The normalized spacial score (nSPS) is 18.6. The zero-order chi connectivity index (χ0) is 17.9. The summed E-state index contributed by atoms with van der Waals surface area (Å²) in [7, 11) is 2.06. The standard InChI is InChI=1S/C21H28N4O/c1-3-4-11-25-12-7-8-16(14-25)13-20-22-21(23-26-20)18-15-24(2)19-10-6-5-9-17(18)19/h5-6,9-10,15-16H,3-4,7-8,11-14H2,1-2H3. The first-order chi connectivity index (χ1) is 12.7. The summed E-state index contributed by atoms with van der Waals surface area (Å²) in [5.41, 5.74) is 2.24. The first-order valence-electron chi connectivity index (χ1n) is 9.84. The van der Waals surface area contributed by atoms with Gasteiger partial charge < -0.3 is 14.0 Å². The van der Waals surface area contributed by atoms with Gasteiger partial charge in [0.25, 0.3) is 0 Å². The Bertz CT molecular complexity index is 866. The highest BCUT2D eigenvalue weighted by Gasteiger charge is 2.22. The van der Waals surface area contributed by atoms with Crippen molar-refractivity contribution in [2.24, 2.45) is 13.0 Å². The van der Waals surface area contributed by atoms with E-state index in [1.807, 2.05) is 0 Å². The molecule has 0 N–H and O–H groups in total. The number of likely N-dealkylation sites (tertiary alicyclic amines) is 1. The third-order valence-corrected chi connectivity index (χ3v) is 5.50. The topological polar surface area (TPSA) is 47.1 Å². The summed E-state index contributed by atoms with van der Waals surface area (Å²) in [6.45, 7) is 5.88. The number of aryl methyl sites for hydroxylation is 1. The smallest absolute Gasteiger partial charge is 0.227 e. The molecule has 5 nitrogen and oxygen atoms in total. The largest absolute Gasteiger partial charge is 0.350 e. The van der Waals surface area contributed by atoms with Crippen LogP contribution in [-0.4, -0.2) is 39.2 Å². The zero-order valence-electron chi connectivity index (χ0n) is 15.8. The molecule has 0 spiro atoms. The van der Waals surface area contributed by atoms with Gasteiger partial charge in [0.15, 0.2) is 0 Å². The number of unbranched alkanes of at least 4 members (excludes halogenated alkanes) is 1. The molecule has 0 aliphatic carbocycles. The summed E-state index contributed by atoms with van der Waals surface area (Å²) < 4.78 is 7.73. The van der Waals surface area contributed by atoms with Crippen LogP contribution in [0.15, 0.2) is 35.0 Å². The maximum Gasteiger partial charge on any atom is 0.227 e. The highest BCUT2D eigenvalue weighted by atomic mass is 16.5. The molecule has 0 amide bonds. The Morgan fingerprint density at radius 3 is 3.04 bits per heavy atom. The minimum Gasteiger partial charge on any atom is -0.350 e. The Morgan fingerprint density at radius 1 is 1.27 bits per heavy atom. The van der Waals surface area contributed by atoms with Crippen LogP contribution in [0.4, 0.5) is 0 Å². The van der Waals surface area contributed by atoms with Gasteiger partial charge in [-0.3, -0.25) is 0 Å². The molecule has 1 aromatic carbocycles. The van der Waals surface area contributed by atoms with Crippen molar-refractivity contribution in [3.63, 3.8) is 0 Å². The van der Waals surface area contributed by atoms with Gasteiger partial charge in [0, 0.05) is 42.7 Å². The molecular formula is C21H28N4O. The van der Waals surface area contributed by atoms with E-state index in [-0.39, 0.29) is 0 Å². The summed E-state index contributed by atoms with van der Waals surface area (Å²) in [5.74, 6) is 2.10. The average molecular weight is 352 g/mol. The predicted molar refractivity (Wildman–Crippen MR) is 104 cm³/mol. The quantitative estimate of drug-likeness (QED) is 0.664. The van der Waals surface area contributed by atoms with E-state index in [1.54, 1.807) is 0 Å². The Balaban J connectivity index is 1.48. The van der Waals surface area contributed by atoms with Crippen LogP contribution >= 0.6 is 0 Å². The van der Waals surface area contributed by atoms with Gasteiger partial charge in [-0.2, -0.15) is 4.98 Å². The molecule has 1 saturated heterocycles. The molecule has 1 fully saturated rings. The average Bonchev–Trinajstić information content (AvgIpc) is 3.25. The number of para-hydroxylation sites is 1. The first kappa shape index (κ1) is 17.3. The molecule has 4 rings (SSSR count). The summed E-state index contributed by atoms with van der Waals surface area (Å²) in [6.07, 6.45) is 8.07. The Labute approximate surface area is 155 Å². The van der Waals surface area contributed by atoms with Crippen molar-refractivity contribution in [1.29, 1.82) is 0 Å². The van der Waals surface area contributed by atoms with Crippen LogP contribution in [0, 0.1) is 5.92 Å². The van der Waals surface area contributed by atoms with Gasteiger partial charge in [0.05, 0.1) is 0 Å². The van der Waals surface area contributed by atoms with Gasteiger partial charge in [-0.15, -0.1) is 0 Å². The lowest BCUT2D eigenvalue weighted by molar-refractivity contribution is 0.165. The van der Waals surface area contributed by atoms with Gasteiger partial charge in [0.2, 0.25) is 11.7 Å². The van der Waals surface area contributed by atoms with Crippen molar-refractivity contribution >= 4 is 10.9 Å². The second-order valence-electron chi connectivity index (χ2n) is 7.55. The molecule has 2 aromatic heterocycles. The number of hydrogen-bond acceptors (Lipinski definition) is 4. The molecule has 0 saturated carbocycles. The van der Waals surface area contributed by atoms with Crippen molar-refractivity contribution in [3.05, 3.63) is 36.4 Å². The lowest BCUT2D eigenvalue weighted by atomic mass is 9.94. The number of aromatic nitrogens is 3. The van der Waals surface area contributed by atoms with Crippen LogP contribution < -0.4 is 0 Å². The zero-order valence-corrected chi connectivity index (χ0v) is 15.8. The number of fused-ring (bicyclic) bond motifs is 1. The van der Waals surface area contributed by atoms with Crippen LogP contribution in [0.1, 0.15) is 38.5 Å². The van der Waals surface area contributed by atoms with E-state index in [2.05, 4.69) is 59.1 Å². The molecule has 1 aliphatic rings. The molecule has 1 aliphatic heterocycles. The highest BCUT2D eigenvalue weighted by Crippen LogP contribution is 2.29. The van der Waals surface area contributed by atoms with E-state index >= 15 is 0 Å². The van der Waals surface area contributed by atoms with Crippen LogP contribution in [0.3, 0.4) is 0 Å². The Kier molecular flexibility index (Phi) is 5.07. The Morgan fingerprint density at radius 2 is 2.15 bits per heavy atom. The van der Waals surface area contributed by atoms with Crippen molar-refractivity contribution < 1.29 is 4.52 Å². The third kappa shape index (κ3) is 3.54. The number of rotatable bonds is 6. The van der Waals surface area contributed by atoms with Gasteiger partial charge >= 0.3 is 0 Å². The fourth-order valence-corrected chi connectivity index (χ4v) is 4.12.